The Morgan fingerprint density at radius 3 is 2.46 bits per heavy atom. The van der Waals surface area contributed by atoms with Gasteiger partial charge in [-0.05, 0) is 73.9 Å². The molecule has 1 heterocycles. The molecule has 1 saturated carbocycles. The molecule has 3 atom stereocenters. The van der Waals surface area contributed by atoms with E-state index in [9.17, 15) is 22.8 Å². The van der Waals surface area contributed by atoms with Gasteiger partial charge in [0.15, 0.2) is 0 Å². The van der Waals surface area contributed by atoms with Crippen molar-refractivity contribution in [2.24, 2.45) is 11.3 Å². The van der Waals surface area contributed by atoms with Crippen LogP contribution in [0.1, 0.15) is 63.4 Å². The minimum absolute atomic E-state index is 0.0341. The van der Waals surface area contributed by atoms with Gasteiger partial charge >= 0.3 is 12.3 Å². The van der Waals surface area contributed by atoms with Gasteiger partial charge in [0, 0.05) is 11.7 Å². The van der Waals surface area contributed by atoms with Gasteiger partial charge in [0.25, 0.3) is 5.91 Å². The van der Waals surface area contributed by atoms with Crippen molar-refractivity contribution in [3.05, 3.63) is 47.0 Å². The number of ether oxygens (including phenoxy) is 1. The average Bonchev–Trinajstić information content (AvgIpc) is 3.13. The van der Waals surface area contributed by atoms with Gasteiger partial charge in [0.05, 0.1) is 21.6 Å². The van der Waals surface area contributed by atoms with E-state index in [1.54, 1.807) is 6.07 Å². The third kappa shape index (κ3) is 6.76. The molecule has 210 valence electrons. The quantitative estimate of drug-likeness (QED) is 0.287. The van der Waals surface area contributed by atoms with Crippen LogP contribution in [0.4, 0.5) is 24.8 Å². The highest BCUT2D eigenvalue weighted by molar-refractivity contribution is 6.34. The van der Waals surface area contributed by atoms with Crippen LogP contribution in [0.25, 0.3) is 11.0 Å². The first kappa shape index (κ1) is 28.5. The Morgan fingerprint density at radius 2 is 1.87 bits per heavy atom. The molecule has 0 aliphatic heterocycles. The van der Waals surface area contributed by atoms with Gasteiger partial charge in [-0.2, -0.15) is 0 Å². The molecule has 0 saturated heterocycles. The number of fused-ring (bicyclic) bond motifs is 1. The molecule has 1 aliphatic carbocycles. The summed E-state index contributed by atoms with van der Waals surface area (Å²) in [5.74, 6) is -1.30. The molecule has 0 spiro atoms. The van der Waals surface area contributed by atoms with Crippen molar-refractivity contribution < 1.29 is 32.6 Å². The summed E-state index contributed by atoms with van der Waals surface area (Å²) in [6.07, 6.45) is -2.00. The van der Waals surface area contributed by atoms with Crippen molar-refractivity contribution in [2.45, 2.75) is 65.4 Å². The maximum Gasteiger partial charge on any atom is 0.573 e. The number of carbonyl (C=O) groups is 2. The highest BCUT2D eigenvalue weighted by atomic mass is 35.5. The lowest BCUT2D eigenvalue weighted by Gasteiger charge is -2.40. The highest BCUT2D eigenvalue weighted by Crippen LogP contribution is 2.46. The van der Waals surface area contributed by atoms with Crippen molar-refractivity contribution in [3.8, 4) is 5.75 Å². The normalized spacial score (nSPS) is 19.9. The Labute approximate surface area is 228 Å². The first-order chi connectivity index (χ1) is 18.1. The molecule has 3 unspecified atom stereocenters. The smallest absolute Gasteiger partial charge is 0.480 e. The molecule has 2 aromatic carbocycles. The molecule has 1 fully saturated rings. The number of rotatable bonds is 7. The van der Waals surface area contributed by atoms with Gasteiger partial charge in [0.2, 0.25) is 5.95 Å². The second kappa shape index (κ2) is 10.6. The second-order valence-corrected chi connectivity index (χ2v) is 11.3. The minimum atomic E-state index is -4.79. The lowest BCUT2D eigenvalue weighted by Crippen LogP contribution is -2.38. The van der Waals surface area contributed by atoms with Crippen molar-refractivity contribution in [3.63, 3.8) is 0 Å². The zero-order valence-corrected chi connectivity index (χ0v) is 22.7. The molecule has 4 rings (SSSR count). The number of hydrogen-bond acceptors (Lipinski definition) is 5. The molecule has 1 amide bonds. The first-order valence-electron chi connectivity index (χ1n) is 12.5. The molecule has 0 bridgehead atoms. The topological polar surface area (TPSA) is 105 Å². The van der Waals surface area contributed by atoms with Gasteiger partial charge in [-0.3, -0.25) is 9.59 Å². The molecule has 12 heteroatoms. The summed E-state index contributed by atoms with van der Waals surface area (Å²) in [6.45, 7) is 7.96. The minimum Gasteiger partial charge on any atom is -0.480 e. The number of nitrogens with zero attached hydrogens (tertiary/aromatic N) is 2. The summed E-state index contributed by atoms with van der Waals surface area (Å²) in [7, 11) is 0. The fraction of sp³-hybridized carbons (Fsp3) is 0.444. The molecular weight excluding hydrogens is 537 g/mol. The molecule has 3 N–H and O–H groups in total. The lowest BCUT2D eigenvalue weighted by molar-refractivity contribution is -0.274. The van der Waals surface area contributed by atoms with Crippen LogP contribution in [0.5, 0.6) is 5.75 Å². The Kier molecular flexibility index (Phi) is 7.75. The highest BCUT2D eigenvalue weighted by Gasteiger charge is 2.35. The number of hydrogen-bond donors (Lipinski definition) is 3. The standard InChI is InChI=1S/C27H30ClF3N4O4/c1-14-9-17(13-26(3,4)12-14)35-22-11-20(28)19(23(36)32-15(2)24(37)38)10-21(22)34-25(35)33-16-5-7-18(8-6-16)39-27(29,30)31/h5-8,10-11,14-15,17H,9,12-13H2,1-4H3,(H,32,36)(H,33,34)(H,37,38). The number of carboxylic acid groups (broad SMARTS) is 1. The van der Waals surface area contributed by atoms with E-state index >= 15 is 0 Å². The number of halogens is 4. The first-order valence-corrected chi connectivity index (χ1v) is 12.9. The number of benzene rings is 2. The molecular formula is C27H30ClF3N4O4. The number of aliphatic carboxylic acids is 1. The van der Waals surface area contributed by atoms with E-state index in [-0.39, 0.29) is 27.8 Å². The maximum absolute atomic E-state index is 12.8. The number of carbonyl (C=O) groups excluding carboxylic acids is 1. The predicted molar refractivity (Wildman–Crippen MR) is 142 cm³/mol. The van der Waals surface area contributed by atoms with Gasteiger partial charge in [-0.25, -0.2) is 4.98 Å². The Hall–Kier alpha value is -3.47. The average molecular weight is 567 g/mol. The van der Waals surface area contributed by atoms with Crippen LogP contribution in [0.3, 0.4) is 0 Å². The van der Waals surface area contributed by atoms with Crippen LogP contribution in [0.2, 0.25) is 5.02 Å². The number of imidazole rings is 1. The number of anilines is 2. The van der Waals surface area contributed by atoms with Gasteiger partial charge < -0.3 is 25.0 Å². The largest absolute Gasteiger partial charge is 0.573 e. The number of carboxylic acids is 1. The molecule has 1 aliphatic rings. The summed E-state index contributed by atoms with van der Waals surface area (Å²) in [6, 6.07) is 7.40. The maximum atomic E-state index is 12.8. The van der Waals surface area contributed by atoms with E-state index in [1.807, 2.05) is 4.57 Å². The second-order valence-electron chi connectivity index (χ2n) is 10.9. The number of alkyl halides is 3. The van der Waals surface area contributed by atoms with Crippen LogP contribution >= 0.6 is 11.6 Å². The zero-order valence-electron chi connectivity index (χ0n) is 21.9. The van der Waals surface area contributed by atoms with Crippen molar-refractivity contribution in [1.29, 1.82) is 0 Å². The van der Waals surface area contributed by atoms with Crippen molar-refractivity contribution in [1.82, 2.24) is 14.9 Å². The van der Waals surface area contributed by atoms with Crippen molar-refractivity contribution in [2.75, 3.05) is 5.32 Å². The van der Waals surface area contributed by atoms with E-state index in [0.717, 1.165) is 19.3 Å². The molecule has 1 aromatic heterocycles. The molecule has 8 nitrogen and oxygen atoms in total. The molecule has 0 radical (unpaired) electrons. The summed E-state index contributed by atoms with van der Waals surface area (Å²) >= 11 is 6.52. The van der Waals surface area contributed by atoms with Gasteiger partial charge in [0.1, 0.15) is 11.8 Å². The summed E-state index contributed by atoms with van der Waals surface area (Å²) in [5, 5.41) is 14.9. The molecule has 39 heavy (non-hydrogen) atoms. The lowest BCUT2D eigenvalue weighted by atomic mass is 9.70. The summed E-state index contributed by atoms with van der Waals surface area (Å²) in [4.78, 5) is 28.7. The fourth-order valence-corrected chi connectivity index (χ4v) is 5.69. The summed E-state index contributed by atoms with van der Waals surface area (Å²) in [5.41, 5.74) is 1.77. The number of amides is 1. The van der Waals surface area contributed by atoms with Crippen LogP contribution in [-0.2, 0) is 4.79 Å². The monoisotopic (exact) mass is 566 g/mol. The zero-order chi connectivity index (χ0) is 28.7. The third-order valence-electron chi connectivity index (χ3n) is 6.81. The summed E-state index contributed by atoms with van der Waals surface area (Å²) < 4.78 is 43.7. The van der Waals surface area contributed by atoms with E-state index in [0.29, 0.717) is 28.6 Å². The van der Waals surface area contributed by atoms with Crippen LogP contribution in [0, 0.1) is 11.3 Å². The van der Waals surface area contributed by atoms with E-state index in [4.69, 9.17) is 21.7 Å². The van der Waals surface area contributed by atoms with E-state index in [2.05, 4.69) is 36.1 Å². The van der Waals surface area contributed by atoms with Crippen LogP contribution < -0.4 is 15.4 Å². The number of aromatic nitrogens is 2. The van der Waals surface area contributed by atoms with Crippen LogP contribution in [0.15, 0.2) is 36.4 Å². The SMILES string of the molecule is CC1CC(n2c(Nc3ccc(OC(F)(F)F)cc3)nc3cc(C(=O)NC(C)C(=O)O)c(Cl)cc32)CC(C)(C)C1. The van der Waals surface area contributed by atoms with Crippen molar-refractivity contribution >= 4 is 46.1 Å². The van der Waals surface area contributed by atoms with Gasteiger partial charge in [-0.1, -0.05) is 32.4 Å². The number of nitrogens with one attached hydrogen (secondary N) is 2. The molecule has 3 aromatic rings. The van der Waals surface area contributed by atoms with Crippen LogP contribution in [-0.4, -0.2) is 38.9 Å². The fourth-order valence-electron chi connectivity index (χ4n) is 5.45. The third-order valence-corrected chi connectivity index (χ3v) is 7.13. The Bertz CT molecular complexity index is 1390. The van der Waals surface area contributed by atoms with E-state index in [1.165, 1.54) is 37.3 Å². The van der Waals surface area contributed by atoms with E-state index < -0.39 is 24.3 Å². The predicted octanol–water partition coefficient (Wildman–Crippen LogP) is 6.92. The Balaban J connectivity index is 1.76. The Morgan fingerprint density at radius 1 is 1.21 bits per heavy atom. The van der Waals surface area contributed by atoms with Gasteiger partial charge in [-0.15, -0.1) is 13.2 Å².